The van der Waals surface area contributed by atoms with Gasteiger partial charge in [0.2, 0.25) is 0 Å². The van der Waals surface area contributed by atoms with Crippen LogP contribution in [0.1, 0.15) is 21.4 Å². The molecule has 0 bridgehead atoms. The Morgan fingerprint density at radius 3 is 2.90 bits per heavy atom. The lowest BCUT2D eigenvalue weighted by atomic mass is 10.1. The third-order valence-corrected chi connectivity index (χ3v) is 5.58. The number of hydrogen-bond acceptors (Lipinski definition) is 5. The minimum absolute atomic E-state index is 0.0163. The van der Waals surface area contributed by atoms with E-state index >= 15 is 0 Å². The minimum atomic E-state index is -1.05. The molecule has 0 spiro atoms. The Bertz CT molecular complexity index is 633. The van der Waals surface area contributed by atoms with Crippen LogP contribution < -0.4 is 0 Å². The summed E-state index contributed by atoms with van der Waals surface area (Å²) >= 11 is 11.0. The van der Waals surface area contributed by atoms with Crippen molar-refractivity contribution in [1.82, 2.24) is 19.9 Å². The zero-order valence-electron chi connectivity index (χ0n) is 10.2. The quantitative estimate of drug-likeness (QED) is 0.886. The molecule has 1 N–H and O–H groups in total. The van der Waals surface area contributed by atoms with Gasteiger partial charge in [0.25, 0.3) is 0 Å². The maximum absolute atomic E-state index is 10.7. The second kappa shape index (κ2) is 5.44. The number of carbonyl (C=O) groups is 1. The molecule has 106 valence electrons. The standard InChI is InChI=1S/C11H10BrClN4O2S/c12-8-1-7(20-10(8)13)4-16-2-6(3-16)17-5-9(11(18)19)14-15-17/h1,5-6H,2-4H2,(H,18,19). The zero-order chi connectivity index (χ0) is 14.3. The van der Waals surface area contributed by atoms with Gasteiger partial charge in [0, 0.05) is 29.0 Å². The molecule has 9 heteroatoms. The SMILES string of the molecule is O=C(O)c1cn(C2CN(Cc3cc(Br)c(Cl)s3)C2)nn1. The van der Waals surface area contributed by atoms with E-state index in [0.29, 0.717) is 0 Å². The summed E-state index contributed by atoms with van der Waals surface area (Å²) in [6.45, 7) is 2.50. The molecule has 1 aliphatic rings. The second-order valence-corrected chi connectivity index (χ2v) is 7.16. The Morgan fingerprint density at radius 1 is 1.60 bits per heavy atom. The molecule has 6 nitrogen and oxygen atoms in total. The highest BCUT2D eigenvalue weighted by molar-refractivity contribution is 9.10. The van der Waals surface area contributed by atoms with Crippen LogP contribution in [0.5, 0.6) is 0 Å². The van der Waals surface area contributed by atoms with Gasteiger partial charge in [-0.1, -0.05) is 16.8 Å². The van der Waals surface area contributed by atoms with Crippen molar-refractivity contribution in [3.8, 4) is 0 Å². The van der Waals surface area contributed by atoms with E-state index in [0.717, 1.165) is 28.4 Å². The van der Waals surface area contributed by atoms with Gasteiger partial charge in [0.05, 0.1) is 12.2 Å². The van der Waals surface area contributed by atoms with Crippen molar-refractivity contribution in [3.63, 3.8) is 0 Å². The maximum Gasteiger partial charge on any atom is 0.358 e. The number of aromatic carboxylic acids is 1. The van der Waals surface area contributed by atoms with Crippen molar-refractivity contribution >= 4 is 44.8 Å². The van der Waals surface area contributed by atoms with Crippen LogP contribution in [0.25, 0.3) is 0 Å². The molecule has 0 radical (unpaired) electrons. The number of hydrogen-bond donors (Lipinski definition) is 1. The van der Waals surface area contributed by atoms with Crippen molar-refractivity contribution in [2.45, 2.75) is 12.6 Å². The summed E-state index contributed by atoms with van der Waals surface area (Å²) in [7, 11) is 0. The van der Waals surface area contributed by atoms with Gasteiger partial charge in [-0.05, 0) is 22.0 Å². The average molecular weight is 378 g/mol. The third kappa shape index (κ3) is 2.73. The molecule has 3 heterocycles. The predicted molar refractivity (Wildman–Crippen MR) is 78.3 cm³/mol. The first-order valence-corrected chi connectivity index (χ1v) is 7.83. The van der Waals surface area contributed by atoms with Gasteiger partial charge in [0.15, 0.2) is 5.69 Å². The highest BCUT2D eigenvalue weighted by Gasteiger charge is 2.30. The maximum atomic E-state index is 10.7. The summed E-state index contributed by atoms with van der Waals surface area (Å²) in [6.07, 6.45) is 1.48. The summed E-state index contributed by atoms with van der Waals surface area (Å²) in [6, 6.07) is 2.22. The molecule has 2 aromatic rings. The number of carboxylic acids is 1. The van der Waals surface area contributed by atoms with Crippen molar-refractivity contribution in [3.05, 3.63) is 31.6 Å². The number of aromatic nitrogens is 3. The van der Waals surface area contributed by atoms with Crippen LogP contribution >= 0.6 is 38.9 Å². The van der Waals surface area contributed by atoms with Crippen LogP contribution in [0.4, 0.5) is 0 Å². The van der Waals surface area contributed by atoms with E-state index in [1.165, 1.54) is 11.1 Å². The molecular formula is C11H10BrClN4O2S. The largest absolute Gasteiger partial charge is 0.476 e. The number of halogens is 2. The molecule has 0 aromatic carbocycles. The van der Waals surface area contributed by atoms with Crippen LogP contribution in [-0.2, 0) is 6.54 Å². The van der Waals surface area contributed by atoms with Gasteiger partial charge < -0.3 is 5.11 Å². The summed E-state index contributed by atoms with van der Waals surface area (Å²) < 4.78 is 3.31. The summed E-state index contributed by atoms with van der Waals surface area (Å²) in [4.78, 5) is 14.2. The highest BCUT2D eigenvalue weighted by Crippen LogP contribution is 2.34. The number of thiophene rings is 1. The molecule has 1 aliphatic heterocycles. The predicted octanol–water partition coefficient (Wildman–Crippen LogP) is 2.51. The fourth-order valence-electron chi connectivity index (χ4n) is 2.08. The summed E-state index contributed by atoms with van der Waals surface area (Å²) in [5.41, 5.74) is -0.0163. The first-order chi connectivity index (χ1) is 9.52. The average Bonchev–Trinajstić information content (AvgIpc) is 2.92. The zero-order valence-corrected chi connectivity index (χ0v) is 13.3. The molecule has 0 saturated carbocycles. The molecule has 3 rings (SSSR count). The monoisotopic (exact) mass is 376 g/mol. The number of rotatable bonds is 4. The van der Waals surface area contributed by atoms with Crippen LogP contribution in [0, 0.1) is 0 Å². The van der Waals surface area contributed by atoms with E-state index in [9.17, 15) is 4.79 Å². The van der Waals surface area contributed by atoms with Crippen LogP contribution in [0.3, 0.4) is 0 Å². The molecule has 20 heavy (non-hydrogen) atoms. The van der Waals surface area contributed by atoms with Crippen LogP contribution in [0.15, 0.2) is 16.7 Å². The second-order valence-electron chi connectivity index (χ2n) is 4.57. The van der Waals surface area contributed by atoms with Crippen molar-refractivity contribution in [2.24, 2.45) is 0 Å². The van der Waals surface area contributed by atoms with Gasteiger partial charge >= 0.3 is 5.97 Å². The van der Waals surface area contributed by atoms with Crippen LogP contribution in [-0.4, -0.2) is 44.1 Å². The lowest BCUT2D eigenvalue weighted by Gasteiger charge is -2.38. The Labute approximate surface area is 132 Å². The Kier molecular flexibility index (Phi) is 3.80. The smallest absolute Gasteiger partial charge is 0.358 e. The molecule has 0 aliphatic carbocycles. The third-order valence-electron chi connectivity index (χ3n) is 3.12. The molecular weight excluding hydrogens is 368 g/mol. The van der Waals surface area contributed by atoms with Crippen molar-refractivity contribution in [1.29, 1.82) is 0 Å². The normalized spacial score (nSPS) is 16.3. The number of carboxylic acid groups (broad SMARTS) is 1. The summed E-state index contributed by atoms with van der Waals surface area (Å²) in [5.74, 6) is -1.05. The molecule has 0 amide bonds. The van der Waals surface area contributed by atoms with Crippen molar-refractivity contribution < 1.29 is 9.90 Å². The Morgan fingerprint density at radius 2 is 2.35 bits per heavy atom. The minimum Gasteiger partial charge on any atom is -0.476 e. The molecule has 0 unspecified atom stereocenters. The van der Waals surface area contributed by atoms with E-state index in [-0.39, 0.29) is 11.7 Å². The molecule has 1 saturated heterocycles. The number of likely N-dealkylation sites (tertiary alicyclic amines) is 1. The molecule has 1 fully saturated rings. The Hall–Kier alpha value is -0.960. The van der Waals surface area contributed by atoms with Gasteiger partial charge in [-0.3, -0.25) is 4.90 Å². The van der Waals surface area contributed by atoms with E-state index in [1.54, 1.807) is 16.0 Å². The van der Waals surface area contributed by atoms with Gasteiger partial charge in [0.1, 0.15) is 4.34 Å². The fourth-order valence-corrected chi connectivity index (χ4v) is 3.91. The van der Waals surface area contributed by atoms with E-state index in [2.05, 4.69) is 31.1 Å². The van der Waals surface area contributed by atoms with E-state index in [4.69, 9.17) is 16.7 Å². The van der Waals surface area contributed by atoms with E-state index in [1.807, 2.05) is 6.07 Å². The van der Waals surface area contributed by atoms with E-state index < -0.39 is 5.97 Å². The van der Waals surface area contributed by atoms with Gasteiger partial charge in [-0.15, -0.1) is 16.4 Å². The first-order valence-electron chi connectivity index (χ1n) is 5.84. The first kappa shape index (κ1) is 14.0. The van der Waals surface area contributed by atoms with Crippen molar-refractivity contribution in [2.75, 3.05) is 13.1 Å². The summed E-state index contributed by atoms with van der Waals surface area (Å²) in [5, 5.41) is 16.3. The Balaban J connectivity index is 1.56. The van der Waals surface area contributed by atoms with Crippen LogP contribution in [0.2, 0.25) is 4.34 Å². The van der Waals surface area contributed by atoms with Gasteiger partial charge in [-0.25, -0.2) is 9.48 Å². The molecule has 0 atom stereocenters. The van der Waals surface area contributed by atoms with Gasteiger partial charge in [-0.2, -0.15) is 0 Å². The fraction of sp³-hybridized carbons (Fsp3) is 0.364. The topological polar surface area (TPSA) is 71.2 Å². The highest BCUT2D eigenvalue weighted by atomic mass is 79.9. The lowest BCUT2D eigenvalue weighted by molar-refractivity contribution is 0.0690. The lowest BCUT2D eigenvalue weighted by Crippen LogP contribution is -2.47. The molecule has 2 aromatic heterocycles. The number of nitrogens with zero attached hydrogens (tertiary/aromatic N) is 4.